The summed E-state index contributed by atoms with van der Waals surface area (Å²) in [5.41, 5.74) is 1.67. The van der Waals surface area contributed by atoms with Gasteiger partial charge in [0.25, 0.3) is 0 Å². The number of nitrogens with zero attached hydrogens (tertiary/aromatic N) is 1. The molecule has 0 fully saturated rings. The minimum Gasteiger partial charge on any atom is -0.314 e. The van der Waals surface area contributed by atoms with Crippen molar-refractivity contribution in [2.24, 2.45) is 0 Å². The van der Waals surface area contributed by atoms with Crippen LogP contribution in [0.25, 0.3) is 0 Å². The summed E-state index contributed by atoms with van der Waals surface area (Å²) in [5, 5.41) is 0. The van der Waals surface area contributed by atoms with Crippen molar-refractivity contribution in [1.82, 2.24) is 0 Å². The molecule has 0 radical (unpaired) electrons. The molecule has 0 aromatic heterocycles. The van der Waals surface area contributed by atoms with E-state index in [2.05, 4.69) is 22.6 Å². The van der Waals surface area contributed by atoms with Gasteiger partial charge in [-0.3, -0.25) is 4.79 Å². The molecular weight excluding hydrogens is 368 g/mol. The third-order valence-electron chi connectivity index (χ3n) is 3.92. The van der Waals surface area contributed by atoms with Crippen LogP contribution in [0, 0.1) is 5.82 Å². The summed E-state index contributed by atoms with van der Waals surface area (Å²) in [6, 6.07) is 14.2. The molecule has 1 atom stereocenters. The summed E-state index contributed by atoms with van der Waals surface area (Å²) in [6.45, 7) is 0. The van der Waals surface area contributed by atoms with E-state index < -0.39 is 5.41 Å². The summed E-state index contributed by atoms with van der Waals surface area (Å²) in [5.74, 6) is -0.310. The van der Waals surface area contributed by atoms with Gasteiger partial charge in [-0.2, -0.15) is 0 Å². The Morgan fingerprint density at radius 3 is 2.55 bits per heavy atom. The van der Waals surface area contributed by atoms with E-state index in [1.54, 1.807) is 18.0 Å². The van der Waals surface area contributed by atoms with Crippen LogP contribution in [0.1, 0.15) is 11.1 Å². The van der Waals surface area contributed by atoms with E-state index in [1.165, 1.54) is 12.1 Å². The van der Waals surface area contributed by atoms with E-state index in [-0.39, 0.29) is 11.7 Å². The Hall–Kier alpha value is -1.43. The first-order valence-electron chi connectivity index (χ1n) is 6.31. The fourth-order valence-electron chi connectivity index (χ4n) is 2.86. The largest absolute Gasteiger partial charge is 0.314 e. The number of alkyl halides is 1. The zero-order valence-corrected chi connectivity index (χ0v) is 13.1. The van der Waals surface area contributed by atoms with Crippen molar-refractivity contribution in [3.8, 4) is 0 Å². The number of likely N-dealkylation sites (N-methyl/N-ethyl adjacent to an activating group) is 1. The summed E-state index contributed by atoms with van der Waals surface area (Å²) < 4.78 is 14.3. The molecule has 0 spiro atoms. The first kappa shape index (κ1) is 13.5. The average Bonchev–Trinajstić information content (AvgIpc) is 2.69. The van der Waals surface area contributed by atoms with Crippen LogP contribution in [-0.2, 0) is 10.2 Å². The number of halogens is 2. The van der Waals surface area contributed by atoms with Crippen molar-refractivity contribution in [1.29, 1.82) is 0 Å². The lowest BCUT2D eigenvalue weighted by Gasteiger charge is -2.26. The Morgan fingerprint density at radius 1 is 1.20 bits per heavy atom. The van der Waals surface area contributed by atoms with Gasteiger partial charge in [0.1, 0.15) is 11.2 Å². The second-order valence-electron chi connectivity index (χ2n) is 4.93. The lowest BCUT2D eigenvalue weighted by Crippen LogP contribution is -2.41. The van der Waals surface area contributed by atoms with Crippen molar-refractivity contribution in [3.63, 3.8) is 0 Å². The van der Waals surface area contributed by atoms with Gasteiger partial charge < -0.3 is 4.90 Å². The second-order valence-corrected chi connectivity index (χ2v) is 5.69. The maximum Gasteiger partial charge on any atom is 0.242 e. The van der Waals surface area contributed by atoms with Gasteiger partial charge in [-0.15, -0.1) is 0 Å². The highest BCUT2D eigenvalue weighted by atomic mass is 127. The Balaban J connectivity index is 2.32. The maximum absolute atomic E-state index is 13.7. The minimum atomic E-state index is -0.784. The predicted octanol–water partition coefficient (Wildman–Crippen LogP) is 3.52. The molecular formula is C16H13FINO. The molecule has 2 aromatic carbocycles. The number of benzene rings is 2. The smallest absolute Gasteiger partial charge is 0.242 e. The van der Waals surface area contributed by atoms with Crippen molar-refractivity contribution in [2.45, 2.75) is 5.41 Å². The number of fused-ring (bicyclic) bond motifs is 1. The molecule has 0 N–H and O–H groups in total. The zero-order valence-electron chi connectivity index (χ0n) is 10.9. The zero-order chi connectivity index (χ0) is 14.3. The summed E-state index contributed by atoms with van der Waals surface area (Å²) in [7, 11) is 1.75. The van der Waals surface area contributed by atoms with E-state index in [4.69, 9.17) is 0 Å². The molecule has 1 aliphatic heterocycles. The standard InChI is InChI=1S/C16H13FINO/c1-19-14-8-7-12(17)9-13(14)16(10-18,15(19)20)11-5-3-2-4-6-11/h2-9H,10H2,1H3. The van der Waals surface area contributed by atoms with Crippen molar-refractivity contribution >= 4 is 34.2 Å². The van der Waals surface area contributed by atoms with Crippen LogP contribution in [0.2, 0.25) is 0 Å². The summed E-state index contributed by atoms with van der Waals surface area (Å²) in [4.78, 5) is 14.5. The first-order valence-corrected chi connectivity index (χ1v) is 7.83. The number of amides is 1. The van der Waals surface area contributed by atoms with Crippen LogP contribution >= 0.6 is 22.6 Å². The molecule has 0 saturated carbocycles. The number of carbonyl (C=O) groups is 1. The predicted molar refractivity (Wildman–Crippen MR) is 85.9 cm³/mol. The fourth-order valence-corrected chi connectivity index (χ4v) is 4.04. The van der Waals surface area contributed by atoms with Gasteiger partial charge in [-0.25, -0.2) is 4.39 Å². The molecule has 1 amide bonds. The van der Waals surface area contributed by atoms with Crippen LogP contribution in [0.3, 0.4) is 0 Å². The third kappa shape index (κ3) is 1.70. The van der Waals surface area contributed by atoms with E-state index in [1.807, 2.05) is 30.3 Å². The highest BCUT2D eigenvalue weighted by Crippen LogP contribution is 2.46. The Labute approximate surface area is 130 Å². The Morgan fingerprint density at radius 2 is 1.90 bits per heavy atom. The highest BCUT2D eigenvalue weighted by molar-refractivity contribution is 14.1. The van der Waals surface area contributed by atoms with Gasteiger partial charge in [-0.05, 0) is 29.3 Å². The number of carbonyl (C=O) groups excluding carboxylic acids is 1. The minimum absolute atomic E-state index is 0.00120. The normalized spacial score (nSPS) is 21.1. The maximum atomic E-state index is 13.7. The van der Waals surface area contributed by atoms with Crippen LogP contribution in [0.4, 0.5) is 10.1 Å². The van der Waals surface area contributed by atoms with Crippen molar-refractivity contribution in [2.75, 3.05) is 16.4 Å². The molecule has 1 aliphatic rings. The van der Waals surface area contributed by atoms with Gasteiger partial charge in [0.05, 0.1) is 0 Å². The molecule has 20 heavy (non-hydrogen) atoms. The lowest BCUT2D eigenvalue weighted by atomic mass is 9.77. The van der Waals surface area contributed by atoms with Crippen LogP contribution < -0.4 is 4.90 Å². The highest BCUT2D eigenvalue weighted by Gasteiger charge is 2.50. The number of hydrogen-bond acceptors (Lipinski definition) is 1. The number of rotatable bonds is 2. The Kier molecular flexibility index (Phi) is 3.28. The first-order chi connectivity index (χ1) is 9.61. The van der Waals surface area contributed by atoms with E-state index in [0.717, 1.165) is 16.8 Å². The van der Waals surface area contributed by atoms with Gasteiger partial charge in [-0.1, -0.05) is 52.9 Å². The topological polar surface area (TPSA) is 20.3 Å². The Bertz CT molecular complexity index is 673. The van der Waals surface area contributed by atoms with Crippen LogP contribution in [0.5, 0.6) is 0 Å². The van der Waals surface area contributed by atoms with Crippen LogP contribution in [0.15, 0.2) is 48.5 Å². The molecule has 0 aliphatic carbocycles. The van der Waals surface area contributed by atoms with Crippen molar-refractivity contribution < 1.29 is 9.18 Å². The molecule has 0 saturated heterocycles. The van der Waals surface area contributed by atoms with Gasteiger partial charge >= 0.3 is 0 Å². The molecule has 1 heterocycles. The number of hydrogen-bond donors (Lipinski definition) is 0. The molecule has 1 unspecified atom stereocenters. The lowest BCUT2D eigenvalue weighted by molar-refractivity contribution is -0.120. The molecule has 2 aromatic rings. The monoisotopic (exact) mass is 381 g/mol. The third-order valence-corrected chi connectivity index (χ3v) is 5.06. The van der Waals surface area contributed by atoms with Crippen molar-refractivity contribution in [3.05, 3.63) is 65.5 Å². The molecule has 4 heteroatoms. The summed E-state index contributed by atoms with van der Waals surface area (Å²) >= 11 is 2.21. The summed E-state index contributed by atoms with van der Waals surface area (Å²) in [6.07, 6.45) is 0. The second kappa shape index (κ2) is 4.84. The van der Waals surface area contributed by atoms with Gasteiger partial charge in [0, 0.05) is 17.2 Å². The molecule has 2 nitrogen and oxygen atoms in total. The number of anilines is 1. The molecule has 0 bridgehead atoms. The average molecular weight is 381 g/mol. The van der Waals surface area contributed by atoms with E-state index in [9.17, 15) is 9.18 Å². The van der Waals surface area contributed by atoms with Gasteiger partial charge in [0.15, 0.2) is 0 Å². The molecule has 3 rings (SSSR count). The quantitative estimate of drug-likeness (QED) is 0.576. The molecule has 102 valence electrons. The van der Waals surface area contributed by atoms with E-state index in [0.29, 0.717) is 4.43 Å². The van der Waals surface area contributed by atoms with Gasteiger partial charge in [0.2, 0.25) is 5.91 Å². The van der Waals surface area contributed by atoms with E-state index >= 15 is 0 Å². The fraction of sp³-hybridized carbons (Fsp3) is 0.188. The van der Waals surface area contributed by atoms with Crippen LogP contribution in [-0.4, -0.2) is 17.4 Å². The SMILES string of the molecule is CN1C(=O)C(CI)(c2ccccc2)c2cc(F)ccc21.